The molecule has 2 heterocycles. The lowest BCUT2D eigenvalue weighted by atomic mass is 10.5. The fourth-order valence-electron chi connectivity index (χ4n) is 0.955. The summed E-state index contributed by atoms with van der Waals surface area (Å²) in [6.07, 6.45) is 1.83. The molecule has 0 saturated heterocycles. The molecule has 0 fully saturated rings. The third-order valence-corrected chi connectivity index (χ3v) is 3.19. The molecule has 2 aromatic heterocycles. The van der Waals surface area contributed by atoms with E-state index in [0.29, 0.717) is 5.75 Å². The van der Waals surface area contributed by atoms with Gasteiger partial charge in [0.25, 0.3) is 0 Å². The van der Waals surface area contributed by atoms with Crippen LogP contribution in [0.2, 0.25) is 0 Å². The van der Waals surface area contributed by atoms with Gasteiger partial charge in [-0.15, -0.1) is 11.3 Å². The lowest BCUT2D eigenvalue weighted by Gasteiger charge is -1.96. The summed E-state index contributed by atoms with van der Waals surface area (Å²) in [4.78, 5) is 8.49. The van der Waals surface area contributed by atoms with Crippen molar-refractivity contribution in [1.29, 1.82) is 0 Å². The molecule has 13 heavy (non-hydrogen) atoms. The van der Waals surface area contributed by atoms with E-state index in [1.165, 1.54) is 11.8 Å². The van der Waals surface area contributed by atoms with E-state index in [4.69, 9.17) is 5.11 Å². The third-order valence-electron chi connectivity index (χ3n) is 1.50. The predicted molar refractivity (Wildman–Crippen MR) is 55.2 cm³/mol. The van der Waals surface area contributed by atoms with Crippen LogP contribution >= 0.6 is 23.1 Å². The van der Waals surface area contributed by atoms with E-state index in [1.807, 2.05) is 17.6 Å². The van der Waals surface area contributed by atoms with Crippen molar-refractivity contribution in [2.75, 3.05) is 12.4 Å². The summed E-state index contributed by atoms with van der Waals surface area (Å²) in [6, 6.07) is 1.98. The Morgan fingerprint density at radius 2 is 2.46 bits per heavy atom. The molecule has 68 valence electrons. The molecule has 5 heteroatoms. The van der Waals surface area contributed by atoms with Gasteiger partial charge in [0, 0.05) is 11.9 Å². The first-order chi connectivity index (χ1) is 6.40. The zero-order valence-electron chi connectivity index (χ0n) is 6.80. The highest BCUT2D eigenvalue weighted by molar-refractivity contribution is 7.99. The van der Waals surface area contributed by atoms with Gasteiger partial charge in [0.1, 0.15) is 0 Å². The van der Waals surface area contributed by atoms with Crippen molar-refractivity contribution < 1.29 is 5.11 Å². The molecule has 0 spiro atoms. The fourth-order valence-corrected chi connectivity index (χ4v) is 2.21. The van der Waals surface area contributed by atoms with E-state index in [1.54, 1.807) is 11.3 Å². The van der Waals surface area contributed by atoms with Gasteiger partial charge < -0.3 is 5.11 Å². The van der Waals surface area contributed by atoms with E-state index < -0.39 is 0 Å². The first-order valence-electron chi connectivity index (χ1n) is 3.84. The Labute approximate surface area is 83.8 Å². The Balaban J connectivity index is 2.26. The molecular weight excluding hydrogens is 204 g/mol. The summed E-state index contributed by atoms with van der Waals surface area (Å²) in [5.74, 6) is 0.648. The molecule has 3 nitrogen and oxygen atoms in total. The van der Waals surface area contributed by atoms with Crippen molar-refractivity contribution in [3.8, 4) is 0 Å². The number of hydrogen-bond donors (Lipinski definition) is 1. The molecule has 0 amide bonds. The number of aliphatic hydroxyl groups is 1. The van der Waals surface area contributed by atoms with Gasteiger partial charge in [-0.25, -0.2) is 9.97 Å². The Morgan fingerprint density at radius 3 is 3.31 bits per heavy atom. The van der Waals surface area contributed by atoms with Gasteiger partial charge in [0.2, 0.25) is 0 Å². The average molecular weight is 212 g/mol. The first-order valence-corrected chi connectivity index (χ1v) is 5.70. The van der Waals surface area contributed by atoms with Crippen LogP contribution in [-0.2, 0) is 0 Å². The second-order valence-electron chi connectivity index (χ2n) is 2.39. The molecule has 0 saturated carbocycles. The van der Waals surface area contributed by atoms with Crippen molar-refractivity contribution in [2.45, 2.75) is 5.16 Å². The predicted octanol–water partition coefficient (Wildman–Crippen LogP) is 1.78. The van der Waals surface area contributed by atoms with E-state index >= 15 is 0 Å². The van der Waals surface area contributed by atoms with Gasteiger partial charge >= 0.3 is 0 Å². The van der Waals surface area contributed by atoms with Crippen LogP contribution in [0.25, 0.3) is 10.2 Å². The molecule has 0 aliphatic heterocycles. The highest BCUT2D eigenvalue weighted by Gasteiger charge is 2.00. The Kier molecular flexibility index (Phi) is 2.77. The molecule has 0 aromatic carbocycles. The first kappa shape index (κ1) is 8.93. The standard InChI is InChI=1S/C8H8N2OS2/c11-2-4-13-8-9-5-7-6(10-8)1-3-12-7/h1,3,5,11H,2,4H2. The largest absolute Gasteiger partial charge is 0.396 e. The molecule has 0 radical (unpaired) electrons. The number of rotatable bonds is 3. The van der Waals surface area contributed by atoms with Crippen LogP contribution in [0.15, 0.2) is 22.8 Å². The Bertz CT molecular complexity index is 402. The van der Waals surface area contributed by atoms with Gasteiger partial charge in [0.15, 0.2) is 5.16 Å². The topological polar surface area (TPSA) is 46.0 Å². The zero-order chi connectivity index (χ0) is 9.10. The van der Waals surface area contributed by atoms with Gasteiger partial charge in [-0.3, -0.25) is 0 Å². The number of fused-ring (bicyclic) bond motifs is 1. The monoisotopic (exact) mass is 212 g/mol. The summed E-state index contributed by atoms with van der Waals surface area (Å²) >= 11 is 3.11. The minimum absolute atomic E-state index is 0.162. The minimum atomic E-state index is 0.162. The molecule has 0 aliphatic rings. The van der Waals surface area contributed by atoms with Crippen molar-refractivity contribution >= 4 is 33.3 Å². The maximum absolute atomic E-state index is 8.63. The highest BCUT2D eigenvalue weighted by Crippen LogP contribution is 2.20. The zero-order valence-corrected chi connectivity index (χ0v) is 8.44. The second kappa shape index (κ2) is 4.04. The molecule has 0 aliphatic carbocycles. The van der Waals surface area contributed by atoms with E-state index in [9.17, 15) is 0 Å². The molecule has 0 atom stereocenters. The maximum Gasteiger partial charge on any atom is 0.188 e. The quantitative estimate of drug-likeness (QED) is 0.622. The minimum Gasteiger partial charge on any atom is -0.396 e. The lowest BCUT2D eigenvalue weighted by molar-refractivity contribution is 0.322. The van der Waals surface area contributed by atoms with Gasteiger partial charge in [-0.1, -0.05) is 11.8 Å². The van der Waals surface area contributed by atoms with Crippen LogP contribution in [-0.4, -0.2) is 27.4 Å². The van der Waals surface area contributed by atoms with Gasteiger partial charge in [0.05, 0.1) is 16.8 Å². The fraction of sp³-hybridized carbons (Fsp3) is 0.250. The van der Waals surface area contributed by atoms with Gasteiger partial charge in [-0.05, 0) is 11.4 Å². The van der Waals surface area contributed by atoms with Crippen LogP contribution in [0.1, 0.15) is 0 Å². The summed E-state index contributed by atoms with van der Waals surface area (Å²) in [6.45, 7) is 0.162. The molecule has 0 bridgehead atoms. The molecular formula is C8H8N2OS2. The van der Waals surface area contributed by atoms with Gasteiger partial charge in [-0.2, -0.15) is 0 Å². The molecule has 1 N–H and O–H groups in total. The average Bonchev–Trinajstić information content (AvgIpc) is 2.61. The van der Waals surface area contributed by atoms with Crippen LogP contribution in [0, 0.1) is 0 Å². The van der Waals surface area contributed by atoms with Crippen LogP contribution < -0.4 is 0 Å². The number of thioether (sulfide) groups is 1. The number of aliphatic hydroxyl groups excluding tert-OH is 1. The summed E-state index contributed by atoms with van der Waals surface area (Å²) in [5, 5.41) is 11.4. The summed E-state index contributed by atoms with van der Waals surface area (Å²) in [7, 11) is 0. The van der Waals surface area contributed by atoms with Crippen molar-refractivity contribution in [2.24, 2.45) is 0 Å². The number of hydrogen-bond acceptors (Lipinski definition) is 5. The van der Waals surface area contributed by atoms with Crippen LogP contribution in [0.3, 0.4) is 0 Å². The van der Waals surface area contributed by atoms with Crippen molar-refractivity contribution in [3.05, 3.63) is 17.6 Å². The van der Waals surface area contributed by atoms with Crippen molar-refractivity contribution in [3.63, 3.8) is 0 Å². The Morgan fingerprint density at radius 1 is 1.54 bits per heavy atom. The smallest absolute Gasteiger partial charge is 0.188 e. The van der Waals surface area contributed by atoms with Crippen LogP contribution in [0.4, 0.5) is 0 Å². The number of nitrogens with zero attached hydrogens (tertiary/aromatic N) is 2. The van der Waals surface area contributed by atoms with Crippen LogP contribution in [0.5, 0.6) is 0 Å². The summed E-state index contributed by atoms with van der Waals surface area (Å²) in [5.41, 5.74) is 0.987. The summed E-state index contributed by atoms with van der Waals surface area (Å²) < 4.78 is 1.10. The van der Waals surface area contributed by atoms with E-state index in [-0.39, 0.29) is 6.61 Å². The van der Waals surface area contributed by atoms with Crippen molar-refractivity contribution in [1.82, 2.24) is 9.97 Å². The number of thiophene rings is 1. The lowest BCUT2D eigenvalue weighted by Crippen LogP contribution is -1.90. The molecule has 0 unspecified atom stereocenters. The third kappa shape index (κ3) is 1.99. The second-order valence-corrected chi connectivity index (χ2v) is 4.40. The van der Waals surface area contributed by atoms with E-state index in [0.717, 1.165) is 15.4 Å². The molecule has 2 rings (SSSR count). The number of aromatic nitrogens is 2. The maximum atomic E-state index is 8.63. The normalized spacial score (nSPS) is 10.8. The molecule has 2 aromatic rings. The van der Waals surface area contributed by atoms with E-state index in [2.05, 4.69) is 9.97 Å². The SMILES string of the molecule is OCCSc1ncc2sccc2n1. The Hall–Kier alpha value is -0.650. The highest BCUT2D eigenvalue weighted by atomic mass is 32.2.